The Labute approximate surface area is 89.3 Å². The lowest BCUT2D eigenvalue weighted by Crippen LogP contribution is -2.36. The van der Waals surface area contributed by atoms with E-state index in [4.69, 9.17) is 10.2 Å². The van der Waals surface area contributed by atoms with Crippen LogP contribution in [0.4, 0.5) is 0 Å². The van der Waals surface area contributed by atoms with E-state index in [1.54, 1.807) is 0 Å². The molecular formula is C9H9NO6. The molecule has 1 amide bonds. The molecule has 0 saturated heterocycles. The van der Waals surface area contributed by atoms with E-state index in [1.165, 1.54) is 6.07 Å². The number of aliphatic hydroxyl groups excluding tert-OH is 1. The second-order valence-corrected chi connectivity index (χ2v) is 2.91. The van der Waals surface area contributed by atoms with Gasteiger partial charge in [0.25, 0.3) is 5.91 Å². The summed E-state index contributed by atoms with van der Waals surface area (Å²) in [6.07, 6.45) is -0.718. The van der Waals surface area contributed by atoms with E-state index in [0.717, 1.165) is 12.3 Å². The zero-order chi connectivity index (χ0) is 12.1. The first-order valence-corrected chi connectivity index (χ1v) is 4.28. The van der Waals surface area contributed by atoms with Gasteiger partial charge in [-0.15, -0.1) is 0 Å². The van der Waals surface area contributed by atoms with Crippen molar-refractivity contribution in [2.45, 2.75) is 6.10 Å². The molecule has 0 aliphatic carbocycles. The van der Waals surface area contributed by atoms with E-state index in [2.05, 4.69) is 9.73 Å². The number of carbonyl (C=O) groups is 2. The van der Waals surface area contributed by atoms with Crippen LogP contribution < -0.4 is 10.9 Å². The lowest BCUT2D eigenvalue weighted by atomic mass is 10.2. The molecule has 0 radical (unpaired) electrons. The third kappa shape index (κ3) is 3.21. The average molecular weight is 227 g/mol. The Morgan fingerprint density at radius 3 is 2.62 bits per heavy atom. The van der Waals surface area contributed by atoms with Gasteiger partial charge in [-0.25, -0.2) is 9.59 Å². The van der Waals surface area contributed by atoms with Crippen molar-refractivity contribution in [1.29, 1.82) is 0 Å². The molecule has 0 spiro atoms. The minimum Gasteiger partial charge on any atom is -0.479 e. The quantitative estimate of drug-likeness (QED) is 0.595. The molecule has 7 heteroatoms. The molecule has 0 saturated carbocycles. The van der Waals surface area contributed by atoms with Gasteiger partial charge < -0.3 is 19.9 Å². The molecule has 3 N–H and O–H groups in total. The first-order chi connectivity index (χ1) is 7.50. The standard InChI is InChI=1S/C9H9NO6/c11-6(9(14)15)3-10-8(13)5-1-2-7(12)16-4-5/h1-2,4,6,11H,3H2,(H,10,13)(H,14,15). The van der Waals surface area contributed by atoms with Crippen molar-refractivity contribution in [3.8, 4) is 0 Å². The molecule has 0 aromatic carbocycles. The number of carboxylic acid groups (broad SMARTS) is 1. The largest absolute Gasteiger partial charge is 0.479 e. The number of carbonyl (C=O) groups excluding carboxylic acids is 1. The topological polar surface area (TPSA) is 117 Å². The molecule has 1 rings (SSSR count). The van der Waals surface area contributed by atoms with Crippen molar-refractivity contribution >= 4 is 11.9 Å². The fraction of sp³-hybridized carbons (Fsp3) is 0.222. The summed E-state index contributed by atoms with van der Waals surface area (Å²) in [5, 5.41) is 19.4. The van der Waals surface area contributed by atoms with Crippen molar-refractivity contribution in [2.24, 2.45) is 0 Å². The highest BCUT2D eigenvalue weighted by atomic mass is 16.4. The highest BCUT2D eigenvalue weighted by Crippen LogP contribution is 1.94. The molecule has 16 heavy (non-hydrogen) atoms. The SMILES string of the molecule is O=C(NCC(O)C(=O)O)c1ccc(=O)oc1. The highest BCUT2D eigenvalue weighted by molar-refractivity contribution is 5.93. The van der Waals surface area contributed by atoms with Crippen LogP contribution in [-0.4, -0.2) is 34.7 Å². The van der Waals surface area contributed by atoms with E-state index >= 15 is 0 Å². The summed E-state index contributed by atoms with van der Waals surface area (Å²) in [7, 11) is 0. The molecule has 0 bridgehead atoms. The molecule has 0 aliphatic rings. The predicted octanol–water partition coefficient (Wildman–Crippen LogP) is -1.18. The third-order valence-corrected chi connectivity index (χ3v) is 1.70. The maximum atomic E-state index is 11.3. The molecule has 1 aromatic heterocycles. The van der Waals surface area contributed by atoms with E-state index in [1.807, 2.05) is 0 Å². The van der Waals surface area contributed by atoms with Gasteiger partial charge in [0.1, 0.15) is 6.26 Å². The lowest BCUT2D eigenvalue weighted by Gasteiger charge is -2.06. The zero-order valence-corrected chi connectivity index (χ0v) is 8.04. The first-order valence-electron chi connectivity index (χ1n) is 4.28. The molecular weight excluding hydrogens is 218 g/mol. The second-order valence-electron chi connectivity index (χ2n) is 2.91. The molecule has 1 aromatic rings. The summed E-state index contributed by atoms with van der Waals surface area (Å²) in [5.41, 5.74) is -0.528. The monoisotopic (exact) mass is 227 g/mol. The molecule has 1 heterocycles. The lowest BCUT2D eigenvalue weighted by molar-refractivity contribution is -0.146. The van der Waals surface area contributed by atoms with Gasteiger partial charge in [0, 0.05) is 6.07 Å². The van der Waals surface area contributed by atoms with E-state index in [0.29, 0.717) is 0 Å². The summed E-state index contributed by atoms with van der Waals surface area (Å²) in [6.45, 7) is -0.423. The van der Waals surface area contributed by atoms with Crippen LogP contribution >= 0.6 is 0 Å². The van der Waals surface area contributed by atoms with Crippen LogP contribution in [0.25, 0.3) is 0 Å². The molecule has 1 unspecified atom stereocenters. The third-order valence-electron chi connectivity index (χ3n) is 1.70. The Morgan fingerprint density at radius 2 is 2.12 bits per heavy atom. The van der Waals surface area contributed by atoms with E-state index in [-0.39, 0.29) is 5.56 Å². The Balaban J connectivity index is 2.56. The number of rotatable bonds is 4. The van der Waals surface area contributed by atoms with Crippen molar-refractivity contribution < 1.29 is 24.2 Å². The van der Waals surface area contributed by atoms with Crippen LogP contribution in [0.5, 0.6) is 0 Å². The Morgan fingerprint density at radius 1 is 1.44 bits per heavy atom. The van der Waals surface area contributed by atoms with Gasteiger partial charge in [-0.2, -0.15) is 0 Å². The van der Waals surface area contributed by atoms with Gasteiger partial charge in [-0.3, -0.25) is 4.79 Å². The minimum absolute atomic E-state index is 0.0668. The number of hydrogen-bond donors (Lipinski definition) is 3. The van der Waals surface area contributed by atoms with E-state index in [9.17, 15) is 14.4 Å². The van der Waals surface area contributed by atoms with Crippen molar-refractivity contribution in [3.63, 3.8) is 0 Å². The number of aliphatic carboxylic acids is 1. The number of aliphatic hydroxyl groups is 1. The summed E-state index contributed by atoms with van der Waals surface area (Å²) >= 11 is 0. The van der Waals surface area contributed by atoms with Gasteiger partial charge in [-0.05, 0) is 6.07 Å². The van der Waals surface area contributed by atoms with Crippen LogP contribution in [0.3, 0.4) is 0 Å². The van der Waals surface area contributed by atoms with Gasteiger partial charge in [-0.1, -0.05) is 0 Å². The fourth-order valence-electron chi connectivity index (χ4n) is 0.866. The number of nitrogens with one attached hydrogen (secondary N) is 1. The molecule has 7 nitrogen and oxygen atoms in total. The zero-order valence-electron chi connectivity index (χ0n) is 8.04. The predicted molar refractivity (Wildman–Crippen MR) is 51.0 cm³/mol. The maximum Gasteiger partial charge on any atom is 0.335 e. The molecule has 0 fully saturated rings. The number of hydrogen-bond acceptors (Lipinski definition) is 5. The molecule has 0 aliphatic heterocycles. The number of amides is 1. The van der Waals surface area contributed by atoms with Gasteiger partial charge in [0.2, 0.25) is 0 Å². The van der Waals surface area contributed by atoms with Crippen LogP contribution in [-0.2, 0) is 4.79 Å². The normalized spacial score (nSPS) is 11.8. The van der Waals surface area contributed by atoms with Crippen LogP contribution in [0.15, 0.2) is 27.6 Å². The van der Waals surface area contributed by atoms with Gasteiger partial charge in [0.05, 0.1) is 12.1 Å². The smallest absolute Gasteiger partial charge is 0.335 e. The van der Waals surface area contributed by atoms with Crippen molar-refractivity contribution in [1.82, 2.24) is 5.32 Å². The first kappa shape index (κ1) is 11.9. The van der Waals surface area contributed by atoms with Crippen LogP contribution in [0.2, 0.25) is 0 Å². The minimum atomic E-state index is -1.67. The maximum absolute atomic E-state index is 11.3. The highest BCUT2D eigenvalue weighted by Gasteiger charge is 2.14. The van der Waals surface area contributed by atoms with Gasteiger partial charge in [0.15, 0.2) is 6.10 Å². The molecule has 86 valence electrons. The average Bonchev–Trinajstić information content (AvgIpc) is 2.26. The molecule has 1 atom stereocenters. The van der Waals surface area contributed by atoms with Crippen LogP contribution in [0.1, 0.15) is 10.4 Å². The summed E-state index contributed by atoms with van der Waals surface area (Å²) in [5.74, 6) is -2.07. The van der Waals surface area contributed by atoms with Gasteiger partial charge >= 0.3 is 11.6 Å². The summed E-state index contributed by atoms with van der Waals surface area (Å²) < 4.78 is 4.44. The summed E-state index contributed by atoms with van der Waals surface area (Å²) in [6, 6.07) is 2.29. The number of carboxylic acids is 1. The van der Waals surface area contributed by atoms with Crippen molar-refractivity contribution in [3.05, 3.63) is 34.4 Å². The Kier molecular flexibility index (Phi) is 3.78. The second kappa shape index (κ2) is 5.08. The Bertz CT molecular complexity index is 431. The van der Waals surface area contributed by atoms with Crippen molar-refractivity contribution in [2.75, 3.05) is 6.54 Å². The fourth-order valence-corrected chi connectivity index (χ4v) is 0.866. The summed E-state index contributed by atoms with van der Waals surface area (Å²) in [4.78, 5) is 32.1. The Hall–Kier alpha value is -2.15. The van der Waals surface area contributed by atoms with E-state index < -0.39 is 30.2 Å². The van der Waals surface area contributed by atoms with Crippen LogP contribution in [0, 0.1) is 0 Å².